The van der Waals surface area contributed by atoms with Crippen LogP contribution in [-0.4, -0.2) is 54.2 Å². The number of carbonyl (C=O) groups is 2. The number of aromatic nitrogens is 4. The molecule has 2 aromatic carbocycles. The molecule has 10 heteroatoms. The fraction of sp³-hybridized carbons (Fsp3) is 0.478. The van der Waals surface area contributed by atoms with E-state index in [0.29, 0.717) is 11.6 Å². The van der Waals surface area contributed by atoms with Crippen molar-refractivity contribution in [3.63, 3.8) is 0 Å². The lowest BCUT2D eigenvalue weighted by molar-refractivity contribution is -0.135. The van der Waals surface area contributed by atoms with Gasteiger partial charge in [0.1, 0.15) is 11.6 Å². The van der Waals surface area contributed by atoms with Crippen LogP contribution in [0.25, 0.3) is 33.6 Å². The monoisotopic (exact) mass is 771 g/mol. The Labute approximate surface area is 338 Å². The second-order valence-electron chi connectivity index (χ2n) is 15.3. The van der Waals surface area contributed by atoms with E-state index in [4.69, 9.17) is 0 Å². The van der Waals surface area contributed by atoms with E-state index in [1.165, 1.54) is 0 Å². The lowest BCUT2D eigenvalue weighted by atomic mass is 9.86. The minimum Gasteiger partial charge on any atom is -0.392 e. The van der Waals surface area contributed by atoms with Crippen LogP contribution in [0, 0.1) is 48.4 Å². The highest BCUT2D eigenvalue weighted by molar-refractivity contribution is 5.83. The van der Waals surface area contributed by atoms with Crippen molar-refractivity contribution in [1.29, 1.82) is 0 Å². The summed E-state index contributed by atoms with van der Waals surface area (Å²) in [5.41, 5.74) is 3.98. The number of aliphatic hydroxyl groups is 2. The van der Waals surface area contributed by atoms with E-state index in [1.54, 1.807) is 53.9 Å². The third-order valence-corrected chi connectivity index (χ3v) is 8.07. The summed E-state index contributed by atoms with van der Waals surface area (Å²) < 4.78 is 0. The van der Waals surface area contributed by atoms with Crippen LogP contribution in [-0.2, 0) is 22.7 Å². The SMILES string of the molecule is C#C.C#C.CC.CC(C)C.CC(C)C.CC(O)C(C)(C)C(=O)NCc1ncc(-c2ccc(-c3ccc(-c4cnc(CNC(=O)C(C)(C)C(C)O)[nH]4)cc3)cc2)[nH]1. The molecule has 4 rings (SSSR count). The van der Waals surface area contributed by atoms with Crippen molar-refractivity contribution in [2.75, 3.05) is 0 Å². The molecule has 56 heavy (non-hydrogen) atoms. The van der Waals surface area contributed by atoms with Crippen molar-refractivity contribution < 1.29 is 19.8 Å². The Morgan fingerprint density at radius 1 is 0.571 bits per heavy atom. The molecule has 6 N–H and O–H groups in total. The number of terminal acetylenes is 2. The predicted octanol–water partition coefficient (Wildman–Crippen LogP) is 9.03. The molecular formula is C46H70N6O4. The molecular weight excluding hydrogens is 701 g/mol. The molecule has 0 aliphatic heterocycles. The number of hydrogen-bond acceptors (Lipinski definition) is 6. The zero-order valence-electron chi connectivity index (χ0n) is 36.4. The van der Waals surface area contributed by atoms with Gasteiger partial charge >= 0.3 is 0 Å². The fourth-order valence-electron chi connectivity index (χ4n) is 4.05. The van der Waals surface area contributed by atoms with Crippen LogP contribution in [0.2, 0.25) is 0 Å². The second kappa shape index (κ2) is 26.6. The second-order valence-corrected chi connectivity index (χ2v) is 15.3. The van der Waals surface area contributed by atoms with E-state index in [1.807, 2.05) is 62.4 Å². The summed E-state index contributed by atoms with van der Waals surface area (Å²) in [5.74, 6) is 2.46. The molecule has 10 nitrogen and oxygen atoms in total. The molecule has 2 heterocycles. The molecule has 0 spiro atoms. The highest BCUT2D eigenvalue weighted by atomic mass is 16.3. The fourth-order valence-corrected chi connectivity index (χ4v) is 4.05. The summed E-state index contributed by atoms with van der Waals surface area (Å²) in [7, 11) is 0. The number of nitrogens with one attached hydrogen (secondary N) is 4. The Kier molecular flexibility index (Phi) is 25.2. The zero-order valence-corrected chi connectivity index (χ0v) is 36.4. The zero-order chi connectivity index (χ0) is 43.8. The Bertz CT molecular complexity index is 1570. The topological polar surface area (TPSA) is 156 Å². The average Bonchev–Trinajstić information content (AvgIpc) is 3.85. The van der Waals surface area contributed by atoms with Gasteiger partial charge in [-0.05, 0) is 75.6 Å². The maximum Gasteiger partial charge on any atom is 0.228 e. The van der Waals surface area contributed by atoms with Crippen molar-refractivity contribution in [3.05, 3.63) is 72.6 Å². The van der Waals surface area contributed by atoms with Gasteiger partial charge in [-0.2, -0.15) is 0 Å². The van der Waals surface area contributed by atoms with Gasteiger partial charge in [-0.15, -0.1) is 25.7 Å². The Balaban J connectivity index is 0. The summed E-state index contributed by atoms with van der Waals surface area (Å²) in [5, 5.41) is 25.3. The molecule has 0 fully saturated rings. The van der Waals surface area contributed by atoms with E-state index in [9.17, 15) is 19.8 Å². The van der Waals surface area contributed by atoms with Gasteiger partial charge in [0.05, 0.1) is 59.9 Å². The molecule has 0 saturated carbocycles. The summed E-state index contributed by atoms with van der Waals surface area (Å²) in [6.07, 6.45) is 17.9. The molecule has 308 valence electrons. The van der Waals surface area contributed by atoms with E-state index in [-0.39, 0.29) is 24.9 Å². The number of amides is 2. The summed E-state index contributed by atoms with van der Waals surface area (Å²) in [4.78, 5) is 40.0. The highest BCUT2D eigenvalue weighted by Gasteiger charge is 2.33. The number of aliphatic hydroxyl groups excluding tert-OH is 2. The molecule has 0 aliphatic rings. The van der Waals surface area contributed by atoms with Crippen LogP contribution in [0.3, 0.4) is 0 Å². The quantitative estimate of drug-likeness (QED) is 0.0837. The van der Waals surface area contributed by atoms with Gasteiger partial charge < -0.3 is 30.8 Å². The van der Waals surface area contributed by atoms with Crippen molar-refractivity contribution in [1.82, 2.24) is 30.6 Å². The van der Waals surface area contributed by atoms with Gasteiger partial charge in [-0.1, -0.05) is 104 Å². The first-order valence-corrected chi connectivity index (χ1v) is 19.1. The largest absolute Gasteiger partial charge is 0.392 e. The Hall–Kier alpha value is -5.16. The summed E-state index contributed by atoms with van der Waals surface area (Å²) in [6.45, 7) is 27.5. The Morgan fingerprint density at radius 2 is 0.804 bits per heavy atom. The molecule has 0 radical (unpaired) electrons. The van der Waals surface area contributed by atoms with Crippen molar-refractivity contribution in [3.8, 4) is 59.3 Å². The number of hydrogen-bond donors (Lipinski definition) is 6. The normalized spacial score (nSPS) is 11.5. The molecule has 0 saturated heterocycles. The van der Waals surface area contributed by atoms with Crippen LogP contribution >= 0.6 is 0 Å². The van der Waals surface area contributed by atoms with Gasteiger partial charge in [0.15, 0.2) is 0 Å². The predicted molar refractivity (Wildman–Crippen MR) is 234 cm³/mol. The van der Waals surface area contributed by atoms with Crippen LogP contribution in [0.5, 0.6) is 0 Å². The van der Waals surface area contributed by atoms with E-state index >= 15 is 0 Å². The van der Waals surface area contributed by atoms with E-state index in [0.717, 1.165) is 45.5 Å². The lowest BCUT2D eigenvalue weighted by Gasteiger charge is -2.26. The lowest BCUT2D eigenvalue weighted by Crippen LogP contribution is -2.43. The van der Waals surface area contributed by atoms with Crippen molar-refractivity contribution in [2.45, 2.75) is 122 Å². The number of H-pyrrole nitrogens is 2. The smallest absolute Gasteiger partial charge is 0.228 e. The van der Waals surface area contributed by atoms with E-state index in [2.05, 4.69) is 97.8 Å². The summed E-state index contributed by atoms with van der Waals surface area (Å²) >= 11 is 0. The minimum absolute atomic E-state index is 0.236. The van der Waals surface area contributed by atoms with Gasteiger partial charge in [-0.3, -0.25) is 9.59 Å². The van der Waals surface area contributed by atoms with Gasteiger partial charge in [0.2, 0.25) is 11.8 Å². The average molecular weight is 771 g/mol. The van der Waals surface area contributed by atoms with Crippen molar-refractivity contribution >= 4 is 11.8 Å². The molecule has 0 aliphatic carbocycles. The third kappa shape index (κ3) is 18.0. The molecule has 2 atom stereocenters. The summed E-state index contributed by atoms with van der Waals surface area (Å²) in [6, 6.07) is 16.3. The molecule has 2 aromatic heterocycles. The standard InChI is InChI=1S/C32H40N6O4.2C4H10.C2H6.2C2H2/c1-19(39)31(3,4)29(41)35-17-27-33-15-25(37-27)23-11-7-21(8-12-23)22-9-13-24(14-10-22)26-16-34-28(38-26)18-36-30(42)32(5,6)20(2)40;2*1-4(2)3;3*1-2/h7-16,19-20,39-40H,17-18H2,1-6H3,(H,33,37)(H,34,38)(H,35,41)(H,36,42);2*4H,1-3H3;1-2H3;2*1-2H. The van der Waals surface area contributed by atoms with Crippen LogP contribution in [0.4, 0.5) is 0 Å². The maximum atomic E-state index is 12.4. The van der Waals surface area contributed by atoms with Crippen LogP contribution < -0.4 is 10.6 Å². The number of imidazole rings is 2. The minimum atomic E-state index is -0.887. The third-order valence-electron chi connectivity index (χ3n) is 8.07. The maximum absolute atomic E-state index is 12.4. The number of benzene rings is 2. The number of aromatic amines is 2. The van der Waals surface area contributed by atoms with Crippen LogP contribution in [0.1, 0.15) is 109 Å². The van der Waals surface area contributed by atoms with E-state index < -0.39 is 23.0 Å². The van der Waals surface area contributed by atoms with Crippen molar-refractivity contribution in [2.24, 2.45) is 22.7 Å². The van der Waals surface area contributed by atoms with Gasteiger partial charge in [0.25, 0.3) is 0 Å². The van der Waals surface area contributed by atoms with Gasteiger partial charge in [0, 0.05) is 0 Å². The number of rotatable bonds is 11. The van der Waals surface area contributed by atoms with Gasteiger partial charge in [-0.25, -0.2) is 9.97 Å². The van der Waals surface area contributed by atoms with Crippen LogP contribution in [0.15, 0.2) is 60.9 Å². The highest BCUT2D eigenvalue weighted by Crippen LogP contribution is 2.27. The first-order valence-electron chi connectivity index (χ1n) is 19.1. The molecule has 4 aromatic rings. The Morgan fingerprint density at radius 3 is 1.04 bits per heavy atom. The first-order chi connectivity index (χ1) is 26.2. The first kappa shape index (κ1) is 52.9. The molecule has 2 unspecified atom stereocenters. The number of nitrogens with zero attached hydrogens (tertiary/aromatic N) is 2. The molecule has 0 bridgehead atoms. The number of carbonyl (C=O) groups excluding carboxylic acids is 2. The molecule has 2 amide bonds.